The maximum absolute atomic E-state index is 13.7. The SMILES string of the molecule is [C-]#C[C@](COCc1ccc(C)c(C)c1)(CO[Si](C)(C)C(C)(C)C)N(Cc1ccccc1)C(=O)OC(C)(C)C.[Li+]. The van der Waals surface area contributed by atoms with Crippen molar-refractivity contribution in [3.05, 3.63) is 77.2 Å². The third-order valence-electron chi connectivity index (χ3n) is 7.21. The minimum Gasteiger partial charge on any atom is -0.691 e. The van der Waals surface area contributed by atoms with Crippen molar-refractivity contribution in [2.75, 3.05) is 13.2 Å². The fraction of sp³-hybridized carbons (Fsp3) is 0.531. The first-order valence-corrected chi connectivity index (χ1v) is 16.2. The number of amides is 1. The van der Waals surface area contributed by atoms with Crippen molar-refractivity contribution in [1.29, 1.82) is 0 Å². The normalized spacial score (nSPS) is 13.6. The third-order valence-corrected chi connectivity index (χ3v) is 11.7. The van der Waals surface area contributed by atoms with Crippen molar-refractivity contribution < 1.29 is 37.6 Å². The summed E-state index contributed by atoms with van der Waals surface area (Å²) < 4.78 is 18.7. The fourth-order valence-electron chi connectivity index (χ4n) is 3.56. The van der Waals surface area contributed by atoms with Gasteiger partial charge < -0.3 is 26.2 Å². The number of ether oxygens (including phenoxy) is 2. The molecule has 0 aliphatic heterocycles. The van der Waals surface area contributed by atoms with E-state index in [1.807, 2.05) is 57.2 Å². The molecule has 0 spiro atoms. The van der Waals surface area contributed by atoms with E-state index in [0.717, 1.165) is 11.1 Å². The molecule has 208 valence electrons. The molecule has 0 N–H and O–H groups in total. The Bertz CT molecular complexity index is 1120. The molecule has 39 heavy (non-hydrogen) atoms. The Morgan fingerprint density at radius 3 is 2.05 bits per heavy atom. The van der Waals surface area contributed by atoms with E-state index in [4.69, 9.17) is 20.3 Å². The zero-order valence-electron chi connectivity index (χ0n) is 26.0. The molecule has 0 heterocycles. The van der Waals surface area contributed by atoms with Crippen molar-refractivity contribution >= 4 is 14.4 Å². The Hall–Kier alpha value is -2.00. The average Bonchev–Trinajstić information content (AvgIpc) is 2.81. The first-order chi connectivity index (χ1) is 17.5. The van der Waals surface area contributed by atoms with Gasteiger partial charge in [-0.15, -0.1) is 0 Å². The third kappa shape index (κ3) is 10.2. The number of benzene rings is 2. The summed E-state index contributed by atoms with van der Waals surface area (Å²) in [5, 5.41) is -0.0444. The molecule has 7 heteroatoms. The maximum Gasteiger partial charge on any atom is 1.00 e. The number of carbonyl (C=O) groups excluding carboxylic acids is 1. The summed E-state index contributed by atoms with van der Waals surface area (Å²) in [6, 6.07) is 15.9. The van der Waals surface area contributed by atoms with Gasteiger partial charge in [0.2, 0.25) is 0 Å². The zero-order valence-corrected chi connectivity index (χ0v) is 27.0. The van der Waals surface area contributed by atoms with Gasteiger partial charge in [0.25, 0.3) is 0 Å². The summed E-state index contributed by atoms with van der Waals surface area (Å²) in [6.45, 7) is 21.2. The standard InChI is InChI=1S/C32H46NO4Si.Li/c1-12-32(24-36-38(10,11)31(7,8)9,23-35-22-28-19-18-25(2)26(3)20-28)33(29(34)37-30(4,5)6)21-27-16-14-13-15-17-27;/h13-20H,21-24H2,2-11H3;/q-1;+1/t32-;/m0./s1. The fourth-order valence-corrected chi connectivity index (χ4v) is 4.59. The first kappa shape index (κ1) is 35.0. The van der Waals surface area contributed by atoms with Gasteiger partial charge in [-0.3, -0.25) is 4.90 Å². The number of hydrogen-bond donors (Lipinski definition) is 0. The molecular weight excluding hydrogens is 497 g/mol. The van der Waals surface area contributed by atoms with Gasteiger partial charge in [0.15, 0.2) is 8.32 Å². The maximum atomic E-state index is 13.7. The van der Waals surface area contributed by atoms with Gasteiger partial charge in [-0.05, 0) is 75.0 Å². The molecule has 2 aromatic carbocycles. The second-order valence-electron chi connectivity index (χ2n) is 12.7. The molecule has 0 unspecified atom stereocenters. The molecule has 0 aliphatic carbocycles. The monoisotopic (exact) mass is 543 g/mol. The van der Waals surface area contributed by atoms with Crippen LogP contribution in [0.3, 0.4) is 0 Å². The Balaban J connectivity index is 0.00000760. The summed E-state index contributed by atoms with van der Waals surface area (Å²) >= 11 is 0. The van der Waals surface area contributed by atoms with Gasteiger partial charge in [-0.2, -0.15) is 0 Å². The Morgan fingerprint density at radius 2 is 1.54 bits per heavy atom. The summed E-state index contributed by atoms with van der Waals surface area (Å²) in [6.07, 6.45) is 7.96. The molecular formula is C32H46LiNO4Si. The van der Waals surface area contributed by atoms with Crippen LogP contribution < -0.4 is 18.9 Å². The quantitative estimate of drug-likeness (QED) is 0.250. The Morgan fingerprint density at radius 1 is 0.923 bits per heavy atom. The Kier molecular flexibility index (Phi) is 12.6. The minimum absolute atomic E-state index is 0. The van der Waals surface area contributed by atoms with Crippen LogP contribution in [0.2, 0.25) is 18.1 Å². The van der Waals surface area contributed by atoms with Crippen molar-refractivity contribution in [2.45, 2.75) is 97.8 Å². The smallest absolute Gasteiger partial charge is 0.691 e. The largest absolute Gasteiger partial charge is 1.00 e. The van der Waals surface area contributed by atoms with Crippen molar-refractivity contribution in [1.82, 2.24) is 4.90 Å². The van der Waals surface area contributed by atoms with Crippen molar-refractivity contribution in [2.24, 2.45) is 0 Å². The topological polar surface area (TPSA) is 48.0 Å². The number of rotatable bonds is 10. The summed E-state index contributed by atoms with van der Waals surface area (Å²) in [4.78, 5) is 15.2. The van der Waals surface area contributed by atoms with Crippen LogP contribution >= 0.6 is 0 Å². The molecule has 0 saturated carbocycles. The predicted octanol–water partition coefficient (Wildman–Crippen LogP) is 4.61. The van der Waals surface area contributed by atoms with Crippen LogP contribution in [0.25, 0.3) is 0 Å². The van der Waals surface area contributed by atoms with Crippen LogP contribution in [0.1, 0.15) is 63.8 Å². The van der Waals surface area contributed by atoms with E-state index in [1.54, 1.807) is 4.90 Å². The molecule has 0 aliphatic rings. The van der Waals surface area contributed by atoms with Crippen LogP contribution in [0.4, 0.5) is 4.79 Å². The van der Waals surface area contributed by atoms with E-state index in [1.165, 1.54) is 11.1 Å². The summed E-state index contributed by atoms with van der Waals surface area (Å²) in [5.41, 5.74) is 2.37. The number of carbonyl (C=O) groups is 1. The molecule has 1 amide bonds. The van der Waals surface area contributed by atoms with Gasteiger partial charge in [0, 0.05) is 0 Å². The number of hydrogen-bond acceptors (Lipinski definition) is 4. The molecule has 0 radical (unpaired) electrons. The molecule has 0 saturated heterocycles. The van der Waals surface area contributed by atoms with Gasteiger partial charge in [-0.1, -0.05) is 69.3 Å². The number of nitrogens with zero attached hydrogens (tertiary/aromatic N) is 1. The predicted molar refractivity (Wildman–Crippen MR) is 157 cm³/mol. The van der Waals surface area contributed by atoms with E-state index < -0.39 is 25.6 Å². The van der Waals surface area contributed by atoms with Crippen LogP contribution in [0.5, 0.6) is 0 Å². The second kappa shape index (κ2) is 14.1. The van der Waals surface area contributed by atoms with Crippen LogP contribution in [-0.4, -0.2) is 43.7 Å². The van der Waals surface area contributed by atoms with Gasteiger partial charge in [0.05, 0.1) is 26.4 Å². The molecule has 0 bridgehead atoms. The van der Waals surface area contributed by atoms with E-state index in [0.29, 0.717) is 6.61 Å². The van der Waals surface area contributed by atoms with E-state index in [2.05, 4.69) is 65.8 Å². The summed E-state index contributed by atoms with van der Waals surface area (Å²) in [5.74, 6) is 2.68. The van der Waals surface area contributed by atoms with E-state index in [9.17, 15) is 4.79 Å². The van der Waals surface area contributed by atoms with E-state index in [-0.39, 0.29) is 43.7 Å². The first-order valence-electron chi connectivity index (χ1n) is 13.3. The van der Waals surface area contributed by atoms with Gasteiger partial charge in [-0.25, -0.2) is 4.79 Å². The molecule has 1 atom stereocenters. The van der Waals surface area contributed by atoms with Crippen LogP contribution in [-0.2, 0) is 27.1 Å². The molecule has 5 nitrogen and oxygen atoms in total. The van der Waals surface area contributed by atoms with E-state index >= 15 is 0 Å². The van der Waals surface area contributed by atoms with Crippen molar-refractivity contribution in [3.8, 4) is 5.92 Å². The number of aryl methyl sites for hydroxylation is 2. The van der Waals surface area contributed by atoms with Gasteiger partial charge in [0.1, 0.15) is 11.1 Å². The van der Waals surface area contributed by atoms with Gasteiger partial charge >= 0.3 is 25.0 Å². The minimum atomic E-state index is -2.23. The van der Waals surface area contributed by atoms with Crippen molar-refractivity contribution in [3.63, 3.8) is 0 Å². The Labute approximate surface area is 250 Å². The zero-order chi connectivity index (χ0) is 28.8. The average molecular weight is 544 g/mol. The van der Waals surface area contributed by atoms with Crippen LogP contribution in [0.15, 0.2) is 48.5 Å². The molecule has 0 aromatic heterocycles. The summed E-state index contributed by atoms with van der Waals surface area (Å²) in [7, 11) is -2.23. The van der Waals surface area contributed by atoms with Crippen LogP contribution in [0, 0.1) is 26.2 Å². The molecule has 2 aromatic rings. The molecule has 2 rings (SSSR count). The molecule has 0 fully saturated rings. The second-order valence-corrected chi connectivity index (χ2v) is 17.5.